The van der Waals surface area contributed by atoms with E-state index in [1.807, 2.05) is 24.3 Å². The first-order valence-corrected chi connectivity index (χ1v) is 5.65. The predicted molar refractivity (Wildman–Crippen MR) is 64.4 cm³/mol. The van der Waals surface area contributed by atoms with Crippen molar-refractivity contribution in [2.45, 2.75) is 26.3 Å². The molecule has 0 aliphatic heterocycles. The minimum Gasteiger partial charge on any atom is -0.490 e. The summed E-state index contributed by atoms with van der Waals surface area (Å²) in [4.78, 5) is 0. The molecule has 0 saturated heterocycles. The smallest absolute Gasteiger partial charge is 0.137 e. The fourth-order valence-electron chi connectivity index (χ4n) is 1.21. The van der Waals surface area contributed by atoms with E-state index in [-0.39, 0.29) is 6.04 Å². The van der Waals surface area contributed by atoms with Gasteiger partial charge in [0.15, 0.2) is 0 Å². The molecule has 0 bridgehead atoms. The van der Waals surface area contributed by atoms with Crippen molar-refractivity contribution in [3.05, 3.63) is 29.3 Å². The summed E-state index contributed by atoms with van der Waals surface area (Å²) in [5.41, 5.74) is 5.96. The quantitative estimate of drug-likeness (QED) is 0.839. The molecule has 2 N–H and O–H groups in total. The van der Waals surface area contributed by atoms with Crippen molar-refractivity contribution >= 4 is 11.6 Å². The Bertz CT molecular complexity index is 303. The number of benzene rings is 1. The topological polar surface area (TPSA) is 35.2 Å². The molecule has 0 spiro atoms. The number of nitrogens with two attached hydrogens (primary N) is 1. The maximum atomic E-state index is 5.96. The summed E-state index contributed by atoms with van der Waals surface area (Å²) in [6.07, 6.45) is 1.06. The highest BCUT2D eigenvalue weighted by atomic mass is 35.5. The van der Waals surface area contributed by atoms with Crippen LogP contribution in [-0.4, -0.2) is 12.6 Å². The molecule has 1 aromatic rings. The van der Waals surface area contributed by atoms with Crippen LogP contribution in [0.5, 0.6) is 5.75 Å². The second-order valence-electron chi connectivity index (χ2n) is 3.79. The van der Waals surface area contributed by atoms with E-state index in [0.717, 1.165) is 6.42 Å². The monoisotopic (exact) mass is 227 g/mol. The Balaban J connectivity index is 2.47. The van der Waals surface area contributed by atoms with Crippen LogP contribution in [0.15, 0.2) is 24.3 Å². The zero-order valence-electron chi connectivity index (χ0n) is 9.24. The van der Waals surface area contributed by atoms with Gasteiger partial charge in [0.05, 0.1) is 5.02 Å². The standard InChI is InChI=1S/C12H18ClNO/c1-3-9(2)11(14)8-15-12-7-5-4-6-10(12)13/h4-7,9,11H,3,8,14H2,1-2H3. The predicted octanol–water partition coefficient (Wildman–Crippen LogP) is 3.09. The lowest BCUT2D eigenvalue weighted by Gasteiger charge is -2.19. The maximum Gasteiger partial charge on any atom is 0.137 e. The van der Waals surface area contributed by atoms with Gasteiger partial charge in [0.1, 0.15) is 12.4 Å². The third-order valence-electron chi connectivity index (χ3n) is 2.64. The number of para-hydroxylation sites is 1. The second kappa shape index (κ2) is 5.99. The normalized spacial score (nSPS) is 14.7. The van der Waals surface area contributed by atoms with E-state index in [0.29, 0.717) is 23.3 Å². The van der Waals surface area contributed by atoms with E-state index < -0.39 is 0 Å². The van der Waals surface area contributed by atoms with Crippen LogP contribution in [0.3, 0.4) is 0 Å². The van der Waals surface area contributed by atoms with Crippen molar-refractivity contribution in [1.29, 1.82) is 0 Å². The molecule has 0 fully saturated rings. The molecule has 2 nitrogen and oxygen atoms in total. The van der Waals surface area contributed by atoms with E-state index in [4.69, 9.17) is 22.1 Å². The molecule has 0 amide bonds. The van der Waals surface area contributed by atoms with E-state index in [2.05, 4.69) is 13.8 Å². The lowest BCUT2D eigenvalue weighted by Crippen LogP contribution is -2.34. The summed E-state index contributed by atoms with van der Waals surface area (Å²) in [5.74, 6) is 1.17. The Morgan fingerprint density at radius 2 is 2.07 bits per heavy atom. The van der Waals surface area contributed by atoms with Gasteiger partial charge < -0.3 is 10.5 Å². The average Bonchev–Trinajstić information content (AvgIpc) is 2.26. The molecule has 2 atom stereocenters. The number of ether oxygens (including phenoxy) is 1. The fraction of sp³-hybridized carbons (Fsp3) is 0.500. The Kier molecular flexibility index (Phi) is 4.92. The molecule has 0 aliphatic rings. The Labute approximate surface area is 96.4 Å². The van der Waals surface area contributed by atoms with Gasteiger partial charge in [-0.15, -0.1) is 0 Å². The van der Waals surface area contributed by atoms with Crippen LogP contribution in [0.2, 0.25) is 5.02 Å². The van der Waals surface area contributed by atoms with Crippen molar-refractivity contribution < 1.29 is 4.74 Å². The zero-order chi connectivity index (χ0) is 11.3. The van der Waals surface area contributed by atoms with Crippen LogP contribution in [0.1, 0.15) is 20.3 Å². The highest BCUT2D eigenvalue weighted by molar-refractivity contribution is 6.32. The van der Waals surface area contributed by atoms with Crippen molar-refractivity contribution in [3.63, 3.8) is 0 Å². The van der Waals surface area contributed by atoms with Gasteiger partial charge in [0.25, 0.3) is 0 Å². The average molecular weight is 228 g/mol. The zero-order valence-corrected chi connectivity index (χ0v) is 10.00. The molecular formula is C12H18ClNO. The highest BCUT2D eigenvalue weighted by Gasteiger charge is 2.11. The molecule has 0 saturated carbocycles. The minimum atomic E-state index is 0.0614. The summed E-state index contributed by atoms with van der Waals surface area (Å²) in [7, 11) is 0. The summed E-state index contributed by atoms with van der Waals surface area (Å²) in [6.45, 7) is 4.76. The summed E-state index contributed by atoms with van der Waals surface area (Å²) in [5, 5.41) is 0.633. The maximum absolute atomic E-state index is 5.96. The molecular weight excluding hydrogens is 210 g/mol. The van der Waals surface area contributed by atoms with Gasteiger partial charge in [-0.25, -0.2) is 0 Å². The third-order valence-corrected chi connectivity index (χ3v) is 2.96. The fourth-order valence-corrected chi connectivity index (χ4v) is 1.41. The van der Waals surface area contributed by atoms with Crippen molar-refractivity contribution in [2.75, 3.05) is 6.61 Å². The lowest BCUT2D eigenvalue weighted by molar-refractivity contribution is 0.250. The van der Waals surface area contributed by atoms with Gasteiger partial charge in [-0.05, 0) is 18.1 Å². The SMILES string of the molecule is CCC(C)C(N)COc1ccccc1Cl. The third kappa shape index (κ3) is 3.73. The van der Waals surface area contributed by atoms with Gasteiger partial charge in [-0.3, -0.25) is 0 Å². The van der Waals surface area contributed by atoms with Crippen molar-refractivity contribution in [1.82, 2.24) is 0 Å². The molecule has 15 heavy (non-hydrogen) atoms. The van der Waals surface area contributed by atoms with Crippen LogP contribution in [0.25, 0.3) is 0 Å². The summed E-state index contributed by atoms with van der Waals surface area (Å²) in [6, 6.07) is 7.50. The van der Waals surface area contributed by atoms with Crippen LogP contribution >= 0.6 is 11.6 Å². The summed E-state index contributed by atoms with van der Waals surface area (Å²) >= 11 is 5.96. The van der Waals surface area contributed by atoms with E-state index in [1.54, 1.807) is 0 Å². The molecule has 0 aliphatic carbocycles. The molecule has 0 aromatic heterocycles. The van der Waals surface area contributed by atoms with Crippen LogP contribution < -0.4 is 10.5 Å². The van der Waals surface area contributed by atoms with Gasteiger partial charge in [-0.1, -0.05) is 44.0 Å². The van der Waals surface area contributed by atoms with Gasteiger partial charge >= 0.3 is 0 Å². The van der Waals surface area contributed by atoms with Crippen molar-refractivity contribution in [2.24, 2.45) is 11.7 Å². The van der Waals surface area contributed by atoms with Gasteiger partial charge in [-0.2, -0.15) is 0 Å². The molecule has 0 heterocycles. The first kappa shape index (κ1) is 12.3. The van der Waals surface area contributed by atoms with E-state index in [9.17, 15) is 0 Å². The lowest BCUT2D eigenvalue weighted by atomic mass is 10.0. The van der Waals surface area contributed by atoms with Gasteiger partial charge in [0, 0.05) is 6.04 Å². The largest absolute Gasteiger partial charge is 0.490 e. The highest BCUT2D eigenvalue weighted by Crippen LogP contribution is 2.23. The van der Waals surface area contributed by atoms with Crippen LogP contribution in [-0.2, 0) is 0 Å². The molecule has 1 aromatic carbocycles. The number of rotatable bonds is 5. The summed E-state index contributed by atoms with van der Waals surface area (Å²) < 4.78 is 5.56. The van der Waals surface area contributed by atoms with E-state index in [1.165, 1.54) is 0 Å². The Morgan fingerprint density at radius 3 is 2.67 bits per heavy atom. The molecule has 84 valence electrons. The number of hydrogen-bond donors (Lipinski definition) is 1. The first-order valence-electron chi connectivity index (χ1n) is 5.28. The second-order valence-corrected chi connectivity index (χ2v) is 4.20. The number of halogens is 1. The van der Waals surface area contributed by atoms with E-state index >= 15 is 0 Å². The molecule has 3 heteroatoms. The first-order chi connectivity index (χ1) is 7.15. The molecule has 2 unspecified atom stereocenters. The van der Waals surface area contributed by atoms with Crippen LogP contribution in [0.4, 0.5) is 0 Å². The minimum absolute atomic E-state index is 0.0614. The van der Waals surface area contributed by atoms with Crippen LogP contribution in [0, 0.1) is 5.92 Å². The van der Waals surface area contributed by atoms with Gasteiger partial charge in [0.2, 0.25) is 0 Å². The molecule has 0 radical (unpaired) electrons. The molecule has 1 rings (SSSR count). The Morgan fingerprint density at radius 1 is 1.40 bits per heavy atom. The van der Waals surface area contributed by atoms with Crippen molar-refractivity contribution in [3.8, 4) is 5.75 Å². The Hall–Kier alpha value is -0.730. The number of hydrogen-bond acceptors (Lipinski definition) is 2.